The van der Waals surface area contributed by atoms with E-state index in [9.17, 15) is 9.59 Å². The van der Waals surface area contributed by atoms with Gasteiger partial charge in [-0.3, -0.25) is 4.90 Å². The minimum atomic E-state index is -1.35. The second-order valence-corrected chi connectivity index (χ2v) is 5.22. The van der Waals surface area contributed by atoms with Gasteiger partial charge >= 0.3 is 12.1 Å². The fraction of sp³-hybridized carbons (Fsp3) is 0.833. The van der Waals surface area contributed by atoms with Crippen LogP contribution in [0.3, 0.4) is 0 Å². The Bertz CT molecular complexity index is 336. The van der Waals surface area contributed by atoms with Gasteiger partial charge in [0.1, 0.15) is 5.60 Å². The smallest absolute Gasteiger partial charge is 0.413 e. The molecule has 1 heterocycles. The van der Waals surface area contributed by atoms with Gasteiger partial charge in [0.25, 0.3) is 0 Å². The number of rotatable bonds is 2. The molecule has 0 aromatic heterocycles. The molecule has 1 saturated heterocycles. The average molecular weight is 259 g/mol. The standard InChI is InChI=1S/C12H21NO5/c1-11(2,3)18-10(15)13-8-6-7-12(13,17-5)9(14)16-4/h6-8H2,1-5H3/t12-/m1/s1. The lowest BCUT2D eigenvalue weighted by Crippen LogP contribution is -2.56. The lowest BCUT2D eigenvalue weighted by Gasteiger charge is -2.35. The Balaban J connectivity index is 2.93. The van der Waals surface area contributed by atoms with Gasteiger partial charge in [-0.15, -0.1) is 0 Å². The molecular weight excluding hydrogens is 238 g/mol. The highest BCUT2D eigenvalue weighted by Crippen LogP contribution is 2.32. The summed E-state index contributed by atoms with van der Waals surface area (Å²) in [6.45, 7) is 5.73. The summed E-state index contributed by atoms with van der Waals surface area (Å²) in [6, 6.07) is 0. The van der Waals surface area contributed by atoms with Crippen LogP contribution in [0.5, 0.6) is 0 Å². The summed E-state index contributed by atoms with van der Waals surface area (Å²) in [5.74, 6) is -0.576. The van der Waals surface area contributed by atoms with Crippen molar-refractivity contribution in [3.63, 3.8) is 0 Å². The van der Waals surface area contributed by atoms with Crippen LogP contribution in [0.4, 0.5) is 4.79 Å². The van der Waals surface area contributed by atoms with E-state index in [2.05, 4.69) is 0 Å². The van der Waals surface area contributed by atoms with E-state index >= 15 is 0 Å². The Morgan fingerprint density at radius 1 is 1.22 bits per heavy atom. The topological polar surface area (TPSA) is 65.1 Å². The van der Waals surface area contributed by atoms with Gasteiger partial charge in [0.05, 0.1) is 7.11 Å². The number of hydrogen-bond acceptors (Lipinski definition) is 5. The van der Waals surface area contributed by atoms with E-state index in [-0.39, 0.29) is 0 Å². The van der Waals surface area contributed by atoms with Crippen molar-refractivity contribution in [2.45, 2.75) is 44.9 Å². The molecule has 18 heavy (non-hydrogen) atoms. The number of carbonyl (C=O) groups excluding carboxylic acids is 2. The quantitative estimate of drug-likeness (QED) is 0.704. The summed E-state index contributed by atoms with van der Waals surface area (Å²) in [5, 5.41) is 0. The number of carbonyl (C=O) groups is 2. The lowest BCUT2D eigenvalue weighted by atomic mass is 10.1. The molecule has 1 aliphatic heterocycles. The van der Waals surface area contributed by atoms with Crippen LogP contribution < -0.4 is 0 Å². The van der Waals surface area contributed by atoms with Crippen LogP contribution in [0.15, 0.2) is 0 Å². The molecule has 6 heteroatoms. The number of amides is 1. The second-order valence-electron chi connectivity index (χ2n) is 5.22. The molecule has 0 radical (unpaired) electrons. The minimum Gasteiger partial charge on any atom is -0.465 e. The molecule has 1 atom stereocenters. The van der Waals surface area contributed by atoms with Gasteiger partial charge in [-0.1, -0.05) is 0 Å². The first-order chi connectivity index (χ1) is 8.27. The van der Waals surface area contributed by atoms with Crippen LogP contribution in [0.2, 0.25) is 0 Å². The molecule has 0 aromatic carbocycles. The van der Waals surface area contributed by atoms with E-state index in [0.29, 0.717) is 19.4 Å². The third-order valence-corrected chi connectivity index (χ3v) is 2.79. The van der Waals surface area contributed by atoms with Crippen LogP contribution >= 0.6 is 0 Å². The van der Waals surface area contributed by atoms with Crippen molar-refractivity contribution in [3.8, 4) is 0 Å². The molecule has 1 fully saturated rings. The summed E-state index contributed by atoms with van der Waals surface area (Å²) in [6.07, 6.45) is 0.518. The predicted molar refractivity (Wildman–Crippen MR) is 63.9 cm³/mol. The summed E-state index contributed by atoms with van der Waals surface area (Å²) in [5.41, 5.74) is -1.97. The monoisotopic (exact) mass is 259 g/mol. The first kappa shape index (κ1) is 14.8. The average Bonchev–Trinajstić information content (AvgIpc) is 2.70. The number of likely N-dealkylation sites (tertiary alicyclic amines) is 1. The fourth-order valence-corrected chi connectivity index (χ4v) is 2.02. The number of methoxy groups -OCH3 is 2. The fourth-order valence-electron chi connectivity index (χ4n) is 2.02. The van der Waals surface area contributed by atoms with Crippen LogP contribution in [0.1, 0.15) is 33.6 Å². The molecule has 1 aliphatic rings. The zero-order valence-corrected chi connectivity index (χ0v) is 11.6. The number of esters is 1. The molecule has 0 spiro atoms. The molecule has 0 aliphatic carbocycles. The summed E-state index contributed by atoms with van der Waals surface area (Å²) in [4.78, 5) is 25.2. The largest absolute Gasteiger partial charge is 0.465 e. The first-order valence-corrected chi connectivity index (χ1v) is 5.91. The van der Waals surface area contributed by atoms with E-state index in [1.165, 1.54) is 19.1 Å². The molecule has 0 aromatic rings. The zero-order chi connectivity index (χ0) is 14.0. The molecule has 104 valence electrons. The maximum absolute atomic E-state index is 12.1. The van der Waals surface area contributed by atoms with Gasteiger partial charge < -0.3 is 14.2 Å². The maximum atomic E-state index is 12.1. The SMILES string of the molecule is COC(=O)[C@]1(OC)CCCN1C(=O)OC(C)(C)C. The highest BCUT2D eigenvalue weighted by Gasteiger charge is 2.52. The van der Waals surface area contributed by atoms with Crippen molar-refractivity contribution in [2.75, 3.05) is 20.8 Å². The van der Waals surface area contributed by atoms with Crippen LogP contribution in [-0.4, -0.2) is 49.1 Å². The summed E-state index contributed by atoms with van der Waals surface area (Å²) in [7, 11) is 2.66. The number of ether oxygens (including phenoxy) is 3. The second kappa shape index (κ2) is 5.14. The molecule has 0 saturated carbocycles. The maximum Gasteiger partial charge on any atom is 0.413 e. The Morgan fingerprint density at radius 2 is 1.83 bits per heavy atom. The van der Waals surface area contributed by atoms with Gasteiger partial charge in [0.15, 0.2) is 0 Å². The number of hydrogen-bond donors (Lipinski definition) is 0. The van der Waals surface area contributed by atoms with Crippen molar-refractivity contribution in [3.05, 3.63) is 0 Å². The van der Waals surface area contributed by atoms with Crippen LogP contribution in [0, 0.1) is 0 Å². The Hall–Kier alpha value is -1.30. The molecule has 0 bridgehead atoms. The summed E-state index contributed by atoms with van der Waals surface area (Å²) < 4.78 is 15.2. The molecule has 1 rings (SSSR count). The van der Waals surface area contributed by atoms with Gasteiger partial charge in [-0.25, -0.2) is 9.59 Å². The van der Waals surface area contributed by atoms with Crippen molar-refractivity contribution < 1.29 is 23.8 Å². The van der Waals surface area contributed by atoms with Gasteiger partial charge in [0, 0.05) is 20.1 Å². The van der Waals surface area contributed by atoms with E-state index in [4.69, 9.17) is 14.2 Å². The van der Waals surface area contributed by atoms with Gasteiger partial charge in [-0.05, 0) is 27.2 Å². The van der Waals surface area contributed by atoms with Crippen molar-refractivity contribution in [1.29, 1.82) is 0 Å². The molecule has 1 amide bonds. The normalized spacial score (nSPS) is 23.9. The van der Waals surface area contributed by atoms with Crippen molar-refractivity contribution >= 4 is 12.1 Å². The molecular formula is C12H21NO5. The Labute approximate surface area is 107 Å². The predicted octanol–water partition coefficient (Wildman–Crippen LogP) is 1.53. The Morgan fingerprint density at radius 3 is 2.28 bits per heavy atom. The number of nitrogens with zero attached hydrogens (tertiary/aromatic N) is 1. The third-order valence-electron chi connectivity index (χ3n) is 2.79. The first-order valence-electron chi connectivity index (χ1n) is 5.91. The highest BCUT2D eigenvalue weighted by molar-refractivity contribution is 5.85. The Kier molecular flexibility index (Phi) is 4.21. The molecule has 0 N–H and O–H groups in total. The minimum absolute atomic E-state index is 0.412. The third kappa shape index (κ3) is 2.75. The van der Waals surface area contributed by atoms with Gasteiger partial charge in [0.2, 0.25) is 5.72 Å². The molecule has 6 nitrogen and oxygen atoms in total. The van der Waals surface area contributed by atoms with E-state index in [0.717, 1.165) is 0 Å². The highest BCUT2D eigenvalue weighted by atomic mass is 16.6. The van der Waals surface area contributed by atoms with E-state index in [1.807, 2.05) is 0 Å². The van der Waals surface area contributed by atoms with Gasteiger partial charge in [-0.2, -0.15) is 0 Å². The summed E-state index contributed by atoms with van der Waals surface area (Å²) >= 11 is 0. The lowest BCUT2D eigenvalue weighted by molar-refractivity contribution is -0.184. The van der Waals surface area contributed by atoms with Crippen molar-refractivity contribution in [1.82, 2.24) is 4.90 Å². The van der Waals surface area contributed by atoms with Crippen molar-refractivity contribution in [2.24, 2.45) is 0 Å². The zero-order valence-electron chi connectivity index (χ0n) is 11.6. The van der Waals surface area contributed by atoms with E-state index < -0.39 is 23.4 Å². The van der Waals surface area contributed by atoms with E-state index in [1.54, 1.807) is 20.8 Å². The van der Waals surface area contributed by atoms with Crippen LogP contribution in [-0.2, 0) is 19.0 Å². The molecule has 0 unspecified atom stereocenters. The van der Waals surface area contributed by atoms with Crippen LogP contribution in [0.25, 0.3) is 0 Å².